The third kappa shape index (κ3) is 6.26. The molecule has 1 saturated heterocycles. The van der Waals surface area contributed by atoms with Gasteiger partial charge in [-0.1, -0.05) is 42.7 Å². The van der Waals surface area contributed by atoms with E-state index >= 15 is 0 Å². The summed E-state index contributed by atoms with van der Waals surface area (Å²) in [5.41, 5.74) is 0.826. The number of halogens is 2. The number of anilines is 1. The molecule has 0 spiro atoms. The Morgan fingerprint density at radius 1 is 1.28 bits per heavy atom. The Balaban J connectivity index is 1.79. The number of nitrogens with one attached hydrogen (secondary N) is 1. The molecule has 1 aliphatic heterocycles. The van der Waals surface area contributed by atoms with E-state index < -0.39 is 27.6 Å². The van der Waals surface area contributed by atoms with Crippen LogP contribution in [0.25, 0.3) is 0 Å². The molecule has 1 N–H and O–H groups in total. The van der Waals surface area contributed by atoms with Crippen LogP contribution in [0.15, 0.2) is 42.1 Å². The van der Waals surface area contributed by atoms with E-state index in [1.54, 1.807) is 13.0 Å². The van der Waals surface area contributed by atoms with Gasteiger partial charge >= 0.3 is 0 Å². The quantitative estimate of drug-likeness (QED) is 0.670. The summed E-state index contributed by atoms with van der Waals surface area (Å²) in [4.78, 5) is 23.2. The minimum absolute atomic E-state index is 0.114. The van der Waals surface area contributed by atoms with Crippen molar-refractivity contribution in [2.75, 3.05) is 17.7 Å². The summed E-state index contributed by atoms with van der Waals surface area (Å²) in [6, 6.07) is 4.18. The van der Waals surface area contributed by atoms with Gasteiger partial charge in [0.25, 0.3) is 5.91 Å². The van der Waals surface area contributed by atoms with Gasteiger partial charge in [-0.25, -0.2) is 22.8 Å². The molecule has 0 radical (unpaired) electrons. The zero-order valence-electron chi connectivity index (χ0n) is 18.0. The normalized spacial score (nSPS) is 18.4. The van der Waals surface area contributed by atoms with Crippen LogP contribution in [0.4, 0.5) is 10.2 Å². The van der Waals surface area contributed by atoms with Crippen LogP contribution in [-0.4, -0.2) is 43.1 Å². The van der Waals surface area contributed by atoms with Crippen molar-refractivity contribution < 1.29 is 17.6 Å². The number of hydrogen-bond donors (Lipinski definition) is 1. The highest BCUT2D eigenvalue weighted by atomic mass is 35.5. The van der Waals surface area contributed by atoms with E-state index in [-0.39, 0.29) is 16.8 Å². The van der Waals surface area contributed by atoms with Gasteiger partial charge < -0.3 is 10.2 Å². The zero-order chi connectivity index (χ0) is 23.3. The molecule has 0 bridgehead atoms. The predicted molar refractivity (Wildman–Crippen MR) is 123 cm³/mol. The SMILES string of the molecule is C[C@H](/C=C/S(C)(=O)=O)NC(=O)c1cnc(N2CCCCC[C@H]2c2cccc(F)c2Cl)cn1. The molecule has 172 valence electrons. The van der Waals surface area contributed by atoms with Crippen LogP contribution in [0.1, 0.15) is 54.7 Å². The van der Waals surface area contributed by atoms with Crippen molar-refractivity contribution in [1.82, 2.24) is 15.3 Å². The fraction of sp³-hybridized carbons (Fsp3) is 0.409. The van der Waals surface area contributed by atoms with Gasteiger partial charge in [0, 0.05) is 24.3 Å². The maximum absolute atomic E-state index is 14.1. The minimum Gasteiger partial charge on any atom is -0.348 e. The Morgan fingerprint density at radius 2 is 2.06 bits per heavy atom. The van der Waals surface area contributed by atoms with E-state index in [0.29, 0.717) is 17.9 Å². The molecular formula is C22H26ClFN4O3S. The number of carbonyl (C=O) groups is 1. The number of carbonyl (C=O) groups excluding carboxylic acids is 1. The highest BCUT2D eigenvalue weighted by Gasteiger charge is 2.27. The lowest BCUT2D eigenvalue weighted by Gasteiger charge is -2.31. The van der Waals surface area contributed by atoms with Crippen LogP contribution >= 0.6 is 11.6 Å². The van der Waals surface area contributed by atoms with Gasteiger partial charge in [0.2, 0.25) is 0 Å². The van der Waals surface area contributed by atoms with Gasteiger partial charge in [-0.3, -0.25) is 4.79 Å². The lowest BCUT2D eigenvalue weighted by atomic mass is 10.0. The third-order valence-corrected chi connectivity index (χ3v) is 6.28. The van der Waals surface area contributed by atoms with E-state index in [4.69, 9.17) is 11.6 Å². The second kappa shape index (κ2) is 10.4. The van der Waals surface area contributed by atoms with Crippen LogP contribution in [0, 0.1) is 5.82 Å². The van der Waals surface area contributed by atoms with Gasteiger partial charge in [0.15, 0.2) is 9.84 Å². The first kappa shape index (κ1) is 24.1. The summed E-state index contributed by atoms with van der Waals surface area (Å²) >= 11 is 6.27. The average Bonchev–Trinajstić information content (AvgIpc) is 3.00. The van der Waals surface area contributed by atoms with Crippen molar-refractivity contribution in [3.8, 4) is 0 Å². The summed E-state index contributed by atoms with van der Waals surface area (Å²) in [6.07, 6.45) is 9.17. The van der Waals surface area contributed by atoms with Gasteiger partial charge in [-0.2, -0.15) is 0 Å². The molecule has 1 aromatic heterocycles. The van der Waals surface area contributed by atoms with E-state index in [2.05, 4.69) is 20.2 Å². The van der Waals surface area contributed by atoms with E-state index in [9.17, 15) is 17.6 Å². The number of rotatable bonds is 6. The van der Waals surface area contributed by atoms with Crippen LogP contribution in [0.5, 0.6) is 0 Å². The number of nitrogens with zero attached hydrogens (tertiary/aromatic N) is 3. The molecule has 3 rings (SSSR count). The van der Waals surface area contributed by atoms with Crippen molar-refractivity contribution in [1.29, 1.82) is 0 Å². The zero-order valence-corrected chi connectivity index (χ0v) is 19.5. The average molecular weight is 481 g/mol. The topological polar surface area (TPSA) is 92.3 Å². The van der Waals surface area contributed by atoms with Crippen molar-refractivity contribution in [3.05, 3.63) is 64.2 Å². The van der Waals surface area contributed by atoms with E-state index in [1.807, 2.05) is 6.07 Å². The summed E-state index contributed by atoms with van der Waals surface area (Å²) in [5.74, 6) is -0.334. The molecule has 1 aromatic carbocycles. The Morgan fingerprint density at radius 3 is 2.75 bits per heavy atom. The second-order valence-corrected chi connectivity index (χ2v) is 10.2. The minimum atomic E-state index is -3.27. The molecule has 32 heavy (non-hydrogen) atoms. The first-order valence-electron chi connectivity index (χ1n) is 10.4. The summed E-state index contributed by atoms with van der Waals surface area (Å²) in [7, 11) is -3.27. The Kier molecular flexibility index (Phi) is 7.84. The fourth-order valence-electron chi connectivity index (χ4n) is 3.66. The standard InChI is InChI=1S/C22H26ClFN4O3S/c1-15(10-12-32(2,30)31)27-22(29)18-13-26-20(14-25-18)28-11-5-3-4-9-19(28)16-7-6-8-17(24)21(16)23/h6-8,10,12-15,19H,3-5,9,11H2,1-2H3,(H,27,29)/b12-10+/t15-,19+/m1/s1. The van der Waals surface area contributed by atoms with Crippen molar-refractivity contribution >= 4 is 33.2 Å². The Bertz CT molecular complexity index is 1090. The predicted octanol–water partition coefficient (Wildman–Crippen LogP) is 4.07. The van der Waals surface area contributed by atoms with Crippen molar-refractivity contribution in [3.63, 3.8) is 0 Å². The van der Waals surface area contributed by atoms with Crippen LogP contribution in [0.3, 0.4) is 0 Å². The van der Waals surface area contributed by atoms with Crippen LogP contribution in [0.2, 0.25) is 5.02 Å². The van der Waals surface area contributed by atoms with Crippen LogP contribution in [-0.2, 0) is 9.84 Å². The Labute approximate surface area is 192 Å². The molecule has 1 fully saturated rings. The fourth-order valence-corrected chi connectivity index (χ4v) is 4.43. The molecular weight excluding hydrogens is 455 g/mol. The monoisotopic (exact) mass is 480 g/mol. The van der Waals surface area contributed by atoms with Crippen LogP contribution < -0.4 is 10.2 Å². The van der Waals surface area contributed by atoms with E-state index in [0.717, 1.165) is 37.3 Å². The summed E-state index contributed by atoms with van der Waals surface area (Å²) in [6.45, 7) is 2.37. The van der Waals surface area contributed by atoms with E-state index in [1.165, 1.54) is 24.5 Å². The maximum atomic E-state index is 14.1. The first-order valence-corrected chi connectivity index (χ1v) is 12.7. The number of aromatic nitrogens is 2. The molecule has 2 aromatic rings. The molecule has 1 aliphatic rings. The summed E-state index contributed by atoms with van der Waals surface area (Å²) < 4.78 is 36.5. The van der Waals surface area contributed by atoms with Gasteiger partial charge in [-0.15, -0.1) is 0 Å². The first-order chi connectivity index (χ1) is 15.2. The maximum Gasteiger partial charge on any atom is 0.271 e. The number of hydrogen-bond acceptors (Lipinski definition) is 6. The molecule has 0 aliphatic carbocycles. The van der Waals surface area contributed by atoms with Gasteiger partial charge in [-0.05, 0) is 31.4 Å². The molecule has 2 heterocycles. The highest BCUT2D eigenvalue weighted by molar-refractivity contribution is 7.93. The lowest BCUT2D eigenvalue weighted by molar-refractivity contribution is 0.0941. The smallest absolute Gasteiger partial charge is 0.271 e. The van der Waals surface area contributed by atoms with Gasteiger partial charge in [0.1, 0.15) is 17.3 Å². The number of benzene rings is 1. The molecule has 0 saturated carbocycles. The molecule has 7 nitrogen and oxygen atoms in total. The van der Waals surface area contributed by atoms with Crippen molar-refractivity contribution in [2.24, 2.45) is 0 Å². The molecule has 1 amide bonds. The molecule has 0 unspecified atom stereocenters. The summed E-state index contributed by atoms with van der Waals surface area (Å²) in [5, 5.41) is 3.82. The van der Waals surface area contributed by atoms with Gasteiger partial charge in [0.05, 0.1) is 23.5 Å². The lowest BCUT2D eigenvalue weighted by Crippen LogP contribution is -2.33. The Hall–Kier alpha value is -2.52. The third-order valence-electron chi connectivity index (χ3n) is 5.23. The largest absolute Gasteiger partial charge is 0.348 e. The van der Waals surface area contributed by atoms with Crippen molar-refractivity contribution in [2.45, 2.75) is 44.7 Å². The molecule has 2 atom stereocenters. The second-order valence-electron chi connectivity index (χ2n) is 7.88. The highest BCUT2D eigenvalue weighted by Crippen LogP contribution is 2.37. The number of amides is 1. The number of sulfone groups is 1. The molecule has 10 heteroatoms.